The van der Waals surface area contributed by atoms with Gasteiger partial charge in [0.1, 0.15) is 5.82 Å². The monoisotopic (exact) mass is 334 g/mol. The predicted octanol–water partition coefficient (Wildman–Crippen LogP) is 1.45. The molecule has 1 aromatic carbocycles. The number of methoxy groups -OCH3 is 1. The summed E-state index contributed by atoms with van der Waals surface area (Å²) < 4.78 is 6.85. The van der Waals surface area contributed by atoms with E-state index in [-0.39, 0.29) is 5.91 Å². The van der Waals surface area contributed by atoms with E-state index >= 15 is 0 Å². The van der Waals surface area contributed by atoms with Gasteiger partial charge in [-0.15, -0.1) is 10.2 Å². The third kappa shape index (κ3) is 5.69. The number of carbonyl (C=O) groups excluding carboxylic acids is 1. The molecule has 0 aliphatic rings. The summed E-state index contributed by atoms with van der Waals surface area (Å²) in [7, 11) is 3.54. The molecule has 0 aliphatic heterocycles. The minimum atomic E-state index is -0.0270. The number of benzene rings is 1. The van der Waals surface area contributed by atoms with Gasteiger partial charge in [-0.05, 0) is 12.0 Å². The van der Waals surface area contributed by atoms with Gasteiger partial charge in [-0.1, -0.05) is 42.1 Å². The van der Waals surface area contributed by atoms with Crippen LogP contribution in [0.4, 0.5) is 0 Å². The standard InChI is InChI=1S/C16H22N4O2S/c1-20-14(9-8-13-6-4-3-5-7-13)18-19-16(20)23-12-15(21)17-10-11-22-2/h3-7H,8-12H2,1-2H3,(H,17,21). The zero-order chi connectivity index (χ0) is 16.5. The van der Waals surface area contributed by atoms with Gasteiger partial charge in [0.05, 0.1) is 12.4 Å². The van der Waals surface area contributed by atoms with E-state index in [1.54, 1.807) is 7.11 Å². The molecule has 0 spiro atoms. The molecular formula is C16H22N4O2S. The van der Waals surface area contributed by atoms with E-state index < -0.39 is 0 Å². The van der Waals surface area contributed by atoms with E-state index in [2.05, 4.69) is 27.6 Å². The molecule has 1 amide bonds. The van der Waals surface area contributed by atoms with E-state index in [0.717, 1.165) is 23.8 Å². The molecule has 6 nitrogen and oxygen atoms in total. The van der Waals surface area contributed by atoms with E-state index in [0.29, 0.717) is 18.9 Å². The summed E-state index contributed by atoms with van der Waals surface area (Å²) in [5, 5.41) is 11.9. The topological polar surface area (TPSA) is 69.0 Å². The number of hydrogen-bond donors (Lipinski definition) is 1. The lowest BCUT2D eigenvalue weighted by molar-refractivity contribution is -0.118. The highest BCUT2D eigenvalue weighted by atomic mass is 32.2. The number of thioether (sulfide) groups is 1. The number of carbonyl (C=O) groups is 1. The number of nitrogens with zero attached hydrogens (tertiary/aromatic N) is 3. The maximum Gasteiger partial charge on any atom is 0.230 e. The third-order valence-electron chi connectivity index (χ3n) is 3.37. The summed E-state index contributed by atoms with van der Waals surface area (Å²) in [6.07, 6.45) is 1.75. The van der Waals surface area contributed by atoms with Crippen molar-refractivity contribution in [2.45, 2.75) is 18.0 Å². The Labute approximate surface area is 140 Å². The molecular weight excluding hydrogens is 312 g/mol. The summed E-state index contributed by atoms with van der Waals surface area (Å²) in [5.41, 5.74) is 1.28. The minimum absolute atomic E-state index is 0.0270. The molecule has 0 radical (unpaired) electrons. The zero-order valence-corrected chi connectivity index (χ0v) is 14.3. The molecule has 2 rings (SSSR count). The first-order valence-electron chi connectivity index (χ1n) is 7.51. The van der Waals surface area contributed by atoms with Crippen LogP contribution in [0.25, 0.3) is 0 Å². The molecule has 1 heterocycles. The van der Waals surface area contributed by atoms with Gasteiger partial charge in [0.2, 0.25) is 5.91 Å². The van der Waals surface area contributed by atoms with Crippen LogP contribution in [-0.4, -0.2) is 46.7 Å². The van der Waals surface area contributed by atoms with E-state index in [4.69, 9.17) is 4.74 Å². The van der Waals surface area contributed by atoms with Crippen LogP contribution in [0.2, 0.25) is 0 Å². The van der Waals surface area contributed by atoms with Gasteiger partial charge >= 0.3 is 0 Å². The van der Waals surface area contributed by atoms with E-state index in [9.17, 15) is 4.79 Å². The second-order valence-corrected chi connectivity index (χ2v) is 6.02. The Morgan fingerprint density at radius 1 is 1.26 bits per heavy atom. The maximum atomic E-state index is 11.7. The Morgan fingerprint density at radius 3 is 2.78 bits per heavy atom. The lowest BCUT2D eigenvalue weighted by atomic mass is 10.1. The summed E-state index contributed by atoms with van der Waals surface area (Å²) in [6.45, 7) is 1.04. The highest BCUT2D eigenvalue weighted by Crippen LogP contribution is 2.16. The fraction of sp³-hybridized carbons (Fsp3) is 0.438. The molecule has 7 heteroatoms. The molecule has 0 fully saturated rings. The Bertz CT molecular complexity index is 616. The van der Waals surface area contributed by atoms with Crippen LogP contribution in [0.1, 0.15) is 11.4 Å². The van der Waals surface area contributed by atoms with Crippen molar-refractivity contribution in [1.82, 2.24) is 20.1 Å². The number of nitrogens with one attached hydrogen (secondary N) is 1. The third-order valence-corrected chi connectivity index (χ3v) is 4.39. The van der Waals surface area contributed by atoms with E-state index in [1.807, 2.05) is 29.8 Å². The first-order chi connectivity index (χ1) is 11.2. The van der Waals surface area contributed by atoms with Crippen molar-refractivity contribution in [3.63, 3.8) is 0 Å². The smallest absolute Gasteiger partial charge is 0.230 e. The predicted molar refractivity (Wildman–Crippen MR) is 90.5 cm³/mol. The fourth-order valence-corrected chi connectivity index (χ4v) is 2.82. The molecule has 2 aromatic rings. The van der Waals surface area contributed by atoms with E-state index in [1.165, 1.54) is 17.3 Å². The van der Waals surface area contributed by atoms with Gasteiger partial charge < -0.3 is 14.6 Å². The van der Waals surface area contributed by atoms with Crippen molar-refractivity contribution < 1.29 is 9.53 Å². The van der Waals surface area contributed by atoms with Gasteiger partial charge in [0.15, 0.2) is 5.16 Å². The number of aryl methyl sites for hydroxylation is 2. The van der Waals surface area contributed by atoms with Crippen molar-refractivity contribution in [2.24, 2.45) is 7.05 Å². The van der Waals surface area contributed by atoms with Crippen molar-refractivity contribution in [1.29, 1.82) is 0 Å². The van der Waals surface area contributed by atoms with Gasteiger partial charge in [0.25, 0.3) is 0 Å². The molecule has 124 valence electrons. The number of ether oxygens (including phenoxy) is 1. The summed E-state index contributed by atoms with van der Waals surface area (Å²) in [4.78, 5) is 11.7. The zero-order valence-electron chi connectivity index (χ0n) is 13.5. The van der Waals surface area contributed by atoms with Crippen LogP contribution in [0.3, 0.4) is 0 Å². The quantitative estimate of drug-likeness (QED) is 0.555. The molecule has 0 saturated carbocycles. The summed E-state index contributed by atoms with van der Waals surface area (Å²) >= 11 is 1.39. The van der Waals surface area contributed by atoms with Crippen LogP contribution in [-0.2, 0) is 29.4 Å². The molecule has 1 aromatic heterocycles. The number of aromatic nitrogens is 3. The van der Waals surface area contributed by atoms with Crippen molar-refractivity contribution in [3.05, 3.63) is 41.7 Å². The molecule has 1 N–H and O–H groups in total. The molecule has 23 heavy (non-hydrogen) atoms. The van der Waals surface area contributed by atoms with Crippen LogP contribution in [0, 0.1) is 0 Å². The maximum absolute atomic E-state index is 11.7. The first kappa shape index (κ1) is 17.5. The largest absolute Gasteiger partial charge is 0.383 e. The number of amides is 1. The van der Waals surface area contributed by atoms with Crippen LogP contribution in [0.5, 0.6) is 0 Å². The average molecular weight is 334 g/mol. The Hall–Kier alpha value is -1.86. The Morgan fingerprint density at radius 2 is 2.04 bits per heavy atom. The molecule has 0 aliphatic carbocycles. The lowest BCUT2D eigenvalue weighted by Crippen LogP contribution is -2.28. The summed E-state index contributed by atoms with van der Waals surface area (Å²) in [6, 6.07) is 10.3. The van der Waals surface area contributed by atoms with Crippen LogP contribution in [0.15, 0.2) is 35.5 Å². The molecule has 0 unspecified atom stereocenters. The van der Waals surface area contributed by atoms with Gasteiger partial charge in [0, 0.05) is 27.1 Å². The average Bonchev–Trinajstić information content (AvgIpc) is 2.92. The summed E-state index contributed by atoms with van der Waals surface area (Å²) in [5.74, 6) is 1.23. The fourth-order valence-electron chi connectivity index (χ4n) is 2.06. The highest BCUT2D eigenvalue weighted by molar-refractivity contribution is 7.99. The van der Waals surface area contributed by atoms with Gasteiger partial charge in [-0.25, -0.2) is 0 Å². The molecule has 0 saturated heterocycles. The lowest BCUT2D eigenvalue weighted by Gasteiger charge is -2.05. The normalized spacial score (nSPS) is 10.7. The second-order valence-electron chi connectivity index (χ2n) is 5.07. The molecule has 0 atom stereocenters. The minimum Gasteiger partial charge on any atom is -0.383 e. The van der Waals surface area contributed by atoms with Gasteiger partial charge in [-0.2, -0.15) is 0 Å². The highest BCUT2D eigenvalue weighted by Gasteiger charge is 2.11. The van der Waals surface area contributed by atoms with Crippen LogP contribution < -0.4 is 5.32 Å². The van der Waals surface area contributed by atoms with Crippen molar-refractivity contribution in [3.8, 4) is 0 Å². The van der Waals surface area contributed by atoms with Crippen LogP contribution >= 0.6 is 11.8 Å². The first-order valence-corrected chi connectivity index (χ1v) is 8.50. The van der Waals surface area contributed by atoms with Crippen molar-refractivity contribution in [2.75, 3.05) is 26.0 Å². The second kappa shape index (κ2) is 9.32. The van der Waals surface area contributed by atoms with Crippen molar-refractivity contribution >= 4 is 17.7 Å². The SMILES string of the molecule is COCCNC(=O)CSc1nnc(CCc2ccccc2)n1C. The Balaban J connectivity index is 1.81. The molecule has 0 bridgehead atoms. The Kier molecular flexibility index (Phi) is 7.09. The number of rotatable bonds is 9. The van der Waals surface area contributed by atoms with Gasteiger partial charge in [-0.3, -0.25) is 4.79 Å². The number of hydrogen-bond acceptors (Lipinski definition) is 5.